The Morgan fingerprint density at radius 1 is 1.10 bits per heavy atom. The summed E-state index contributed by atoms with van der Waals surface area (Å²) in [7, 11) is 0. The molecule has 0 saturated carbocycles. The molecule has 0 spiro atoms. The smallest absolute Gasteiger partial charge is 0.354 e. The zero-order valence-corrected chi connectivity index (χ0v) is 24.8. The topological polar surface area (TPSA) is 74.5 Å². The highest BCUT2D eigenvalue weighted by Crippen LogP contribution is 2.43. The Hall–Kier alpha value is -3.56. The lowest BCUT2D eigenvalue weighted by Gasteiger charge is -2.42. The molecule has 7 nitrogen and oxygen atoms in total. The van der Waals surface area contributed by atoms with E-state index in [0.29, 0.717) is 40.7 Å². The minimum Gasteiger partial charge on any atom is -0.507 e. The lowest BCUT2D eigenvalue weighted by atomic mass is 9.99. The lowest BCUT2D eigenvalue weighted by molar-refractivity contribution is 0.185. The monoisotopic (exact) mass is 581 g/mol. The van der Waals surface area contributed by atoms with Gasteiger partial charge in [-0.05, 0) is 63.4 Å². The molecule has 1 fully saturated rings. The van der Waals surface area contributed by atoms with Crippen molar-refractivity contribution in [2.75, 3.05) is 24.5 Å². The maximum Gasteiger partial charge on any atom is 0.354 e. The van der Waals surface area contributed by atoms with E-state index in [1.165, 1.54) is 22.8 Å². The highest BCUT2D eigenvalue weighted by atomic mass is 35.5. The standard InChI is InChI=1S/C31H34ClF2N5O2/c1-16(2)27-28(18(5)10-11-35-27)39-29-20(14-21(32)24(26(29)34)25-22(33)8-7-9-23(25)40)30(36-31(39)41)38-13-12-37(17(3)4)15-19(38)6/h7-11,14,16-17,19,40H,12-13,15H2,1-6H3/t19-/m1/s1. The molecule has 2 aromatic carbocycles. The first kappa shape index (κ1) is 29.0. The molecule has 0 radical (unpaired) electrons. The summed E-state index contributed by atoms with van der Waals surface area (Å²) in [5.41, 5.74) is 0.217. The van der Waals surface area contributed by atoms with Gasteiger partial charge in [0.05, 0.1) is 27.5 Å². The van der Waals surface area contributed by atoms with E-state index < -0.39 is 23.1 Å². The molecule has 0 aliphatic carbocycles. The van der Waals surface area contributed by atoms with Crippen molar-refractivity contribution in [2.45, 2.75) is 59.5 Å². The number of benzene rings is 2. The van der Waals surface area contributed by atoms with Gasteiger partial charge < -0.3 is 10.0 Å². The fourth-order valence-electron chi connectivity index (χ4n) is 5.76. The molecule has 0 amide bonds. The number of fused-ring (bicyclic) bond motifs is 1. The number of piperazine rings is 1. The second kappa shape index (κ2) is 11.0. The zero-order chi connectivity index (χ0) is 29.7. The molecule has 1 atom stereocenters. The van der Waals surface area contributed by atoms with E-state index >= 15 is 8.78 Å². The van der Waals surface area contributed by atoms with Gasteiger partial charge in [-0.25, -0.2) is 13.6 Å². The number of pyridine rings is 1. The summed E-state index contributed by atoms with van der Waals surface area (Å²) < 4.78 is 33.3. The molecule has 3 heterocycles. The average Bonchev–Trinajstić information content (AvgIpc) is 2.90. The molecule has 1 saturated heterocycles. The molecular weight excluding hydrogens is 548 g/mol. The number of hydrogen-bond donors (Lipinski definition) is 1. The van der Waals surface area contributed by atoms with Gasteiger partial charge in [-0.1, -0.05) is 31.5 Å². The third-order valence-corrected chi connectivity index (χ3v) is 8.18. The normalized spacial score (nSPS) is 16.4. The minimum absolute atomic E-state index is 0.0272. The number of hydrogen-bond acceptors (Lipinski definition) is 6. The number of nitrogens with zero attached hydrogens (tertiary/aromatic N) is 5. The molecule has 0 bridgehead atoms. The van der Waals surface area contributed by atoms with Crippen molar-refractivity contribution in [3.05, 3.63) is 74.9 Å². The number of aryl methyl sites for hydroxylation is 1. The average molecular weight is 582 g/mol. The number of anilines is 1. The Kier molecular flexibility index (Phi) is 7.78. The van der Waals surface area contributed by atoms with Crippen LogP contribution in [0.2, 0.25) is 5.02 Å². The number of phenolic OH excluding ortho intramolecular Hbond substituents is 1. The van der Waals surface area contributed by atoms with Crippen molar-refractivity contribution in [2.24, 2.45) is 0 Å². The lowest BCUT2D eigenvalue weighted by Crippen LogP contribution is -2.54. The summed E-state index contributed by atoms with van der Waals surface area (Å²) in [4.78, 5) is 27.4. The summed E-state index contributed by atoms with van der Waals surface area (Å²) in [6, 6.07) is 7.30. The van der Waals surface area contributed by atoms with Gasteiger partial charge in [0.1, 0.15) is 17.4 Å². The molecule has 41 heavy (non-hydrogen) atoms. The van der Waals surface area contributed by atoms with E-state index in [1.807, 2.05) is 32.6 Å². The first-order valence-electron chi connectivity index (χ1n) is 13.8. The van der Waals surface area contributed by atoms with Gasteiger partial charge in [0, 0.05) is 48.9 Å². The largest absolute Gasteiger partial charge is 0.507 e. The summed E-state index contributed by atoms with van der Waals surface area (Å²) in [6.07, 6.45) is 1.65. The zero-order valence-electron chi connectivity index (χ0n) is 24.0. The number of aromatic nitrogens is 3. The summed E-state index contributed by atoms with van der Waals surface area (Å²) in [5, 5.41) is 10.8. The first-order valence-corrected chi connectivity index (χ1v) is 14.2. The molecule has 216 valence electrons. The number of phenols is 1. The van der Waals surface area contributed by atoms with E-state index in [2.05, 4.69) is 28.7 Å². The van der Waals surface area contributed by atoms with Crippen LogP contribution in [0.3, 0.4) is 0 Å². The van der Waals surface area contributed by atoms with Crippen LogP contribution in [0.5, 0.6) is 5.75 Å². The van der Waals surface area contributed by atoms with Crippen LogP contribution in [0.15, 0.2) is 41.3 Å². The van der Waals surface area contributed by atoms with Gasteiger partial charge in [0.25, 0.3) is 0 Å². The SMILES string of the molecule is Cc1ccnc(C(C)C)c1-n1c(=O)nc(N2CCN(C(C)C)C[C@H]2C)c2cc(Cl)c(-c3c(O)cccc3F)c(F)c21. The number of aromatic hydroxyl groups is 1. The van der Waals surface area contributed by atoms with Crippen molar-refractivity contribution in [1.29, 1.82) is 0 Å². The predicted molar refractivity (Wildman–Crippen MR) is 160 cm³/mol. The van der Waals surface area contributed by atoms with E-state index in [1.54, 1.807) is 12.3 Å². The van der Waals surface area contributed by atoms with Crippen molar-refractivity contribution < 1.29 is 13.9 Å². The number of halogens is 3. The molecule has 5 rings (SSSR count). The fraction of sp³-hybridized carbons (Fsp3) is 0.387. The Balaban J connectivity index is 1.90. The van der Waals surface area contributed by atoms with Crippen molar-refractivity contribution in [3.63, 3.8) is 0 Å². The molecular formula is C31H34ClF2N5O2. The molecule has 1 N–H and O–H groups in total. The van der Waals surface area contributed by atoms with Gasteiger partial charge in [0.15, 0.2) is 5.82 Å². The first-order chi connectivity index (χ1) is 19.4. The molecule has 0 unspecified atom stereocenters. The van der Waals surface area contributed by atoms with Crippen molar-refractivity contribution in [3.8, 4) is 22.6 Å². The van der Waals surface area contributed by atoms with Gasteiger partial charge in [-0.2, -0.15) is 4.98 Å². The number of rotatable bonds is 5. The Morgan fingerprint density at radius 2 is 1.83 bits per heavy atom. The second-order valence-corrected chi connectivity index (χ2v) is 11.7. The highest BCUT2D eigenvalue weighted by Gasteiger charge is 2.32. The summed E-state index contributed by atoms with van der Waals surface area (Å²) in [5.74, 6) is -2.02. The minimum atomic E-state index is -0.930. The Morgan fingerprint density at radius 3 is 2.46 bits per heavy atom. The molecule has 1 aliphatic heterocycles. The van der Waals surface area contributed by atoms with Gasteiger partial charge in [-0.3, -0.25) is 14.5 Å². The van der Waals surface area contributed by atoms with Crippen LogP contribution in [-0.4, -0.2) is 56.3 Å². The van der Waals surface area contributed by atoms with Crippen LogP contribution in [-0.2, 0) is 0 Å². The molecule has 2 aromatic heterocycles. The Labute approximate surface area is 243 Å². The van der Waals surface area contributed by atoms with Crippen molar-refractivity contribution in [1.82, 2.24) is 19.4 Å². The Bertz CT molecular complexity index is 1680. The maximum absolute atomic E-state index is 17.0. The molecule has 4 aromatic rings. The van der Waals surface area contributed by atoms with Crippen LogP contribution in [0.25, 0.3) is 27.7 Å². The van der Waals surface area contributed by atoms with Crippen LogP contribution in [0, 0.1) is 18.6 Å². The van der Waals surface area contributed by atoms with E-state index in [-0.39, 0.29) is 33.6 Å². The van der Waals surface area contributed by atoms with Crippen LogP contribution >= 0.6 is 11.6 Å². The van der Waals surface area contributed by atoms with E-state index in [4.69, 9.17) is 11.6 Å². The maximum atomic E-state index is 17.0. The van der Waals surface area contributed by atoms with Crippen LogP contribution in [0.4, 0.5) is 14.6 Å². The third kappa shape index (κ3) is 4.95. The second-order valence-electron chi connectivity index (χ2n) is 11.3. The van der Waals surface area contributed by atoms with Crippen molar-refractivity contribution >= 4 is 28.3 Å². The molecule has 10 heteroatoms. The summed E-state index contributed by atoms with van der Waals surface area (Å²) in [6.45, 7) is 14.1. The fourth-order valence-corrected chi connectivity index (χ4v) is 6.05. The predicted octanol–water partition coefficient (Wildman–Crippen LogP) is 6.44. The quantitative estimate of drug-likeness (QED) is 0.292. The highest BCUT2D eigenvalue weighted by molar-refractivity contribution is 6.34. The van der Waals surface area contributed by atoms with E-state index in [0.717, 1.165) is 19.2 Å². The van der Waals surface area contributed by atoms with Gasteiger partial charge in [-0.15, -0.1) is 0 Å². The van der Waals surface area contributed by atoms with Crippen LogP contribution < -0.4 is 10.6 Å². The van der Waals surface area contributed by atoms with Gasteiger partial charge >= 0.3 is 5.69 Å². The molecule has 1 aliphatic rings. The third-order valence-electron chi connectivity index (χ3n) is 7.88. The van der Waals surface area contributed by atoms with Gasteiger partial charge in [0.2, 0.25) is 0 Å². The van der Waals surface area contributed by atoms with E-state index in [9.17, 15) is 9.90 Å². The van der Waals surface area contributed by atoms with Crippen LogP contribution in [0.1, 0.15) is 51.8 Å². The summed E-state index contributed by atoms with van der Waals surface area (Å²) >= 11 is 6.68.